The Balaban J connectivity index is 1.85. The lowest BCUT2D eigenvalue weighted by Gasteiger charge is -2.14. The Hall–Kier alpha value is -2.84. The van der Waals surface area contributed by atoms with E-state index in [2.05, 4.69) is 9.44 Å². The fourth-order valence-corrected chi connectivity index (χ4v) is 6.03. The maximum Gasteiger partial charge on any atom is 0.262 e. The Bertz CT molecular complexity index is 1270. The molecule has 8 heteroatoms. The quantitative estimate of drug-likeness (QED) is 0.585. The van der Waals surface area contributed by atoms with E-state index in [1.807, 2.05) is 38.1 Å². The summed E-state index contributed by atoms with van der Waals surface area (Å²) in [6.45, 7) is 7.22. The lowest BCUT2D eigenvalue weighted by atomic mass is 10.1. The SMILES string of the molecule is Cc1cc(C)c(S(=O)(=O)Nc2ccc(S(=O)(=O)Nc3ccccc3C)cc2)c(C)c1. The van der Waals surface area contributed by atoms with Crippen LogP contribution in [0, 0.1) is 27.7 Å². The van der Waals surface area contributed by atoms with E-state index >= 15 is 0 Å². The van der Waals surface area contributed by atoms with Gasteiger partial charge in [-0.1, -0.05) is 35.9 Å². The van der Waals surface area contributed by atoms with Gasteiger partial charge >= 0.3 is 0 Å². The number of aryl methyl sites for hydroxylation is 4. The van der Waals surface area contributed by atoms with Gasteiger partial charge in [-0.2, -0.15) is 0 Å². The van der Waals surface area contributed by atoms with E-state index in [-0.39, 0.29) is 15.5 Å². The molecule has 0 amide bonds. The number of hydrogen-bond donors (Lipinski definition) is 2. The van der Waals surface area contributed by atoms with Crippen molar-refractivity contribution in [1.82, 2.24) is 0 Å². The Morgan fingerprint density at radius 1 is 0.633 bits per heavy atom. The van der Waals surface area contributed by atoms with Crippen LogP contribution in [0.1, 0.15) is 22.3 Å². The molecule has 0 unspecified atom stereocenters. The van der Waals surface area contributed by atoms with Gasteiger partial charge in [-0.3, -0.25) is 9.44 Å². The molecule has 3 rings (SSSR count). The summed E-state index contributed by atoms with van der Waals surface area (Å²) in [5.41, 5.74) is 3.87. The van der Waals surface area contributed by atoms with Gasteiger partial charge in [0.25, 0.3) is 20.0 Å². The zero-order valence-electron chi connectivity index (χ0n) is 17.2. The minimum atomic E-state index is -3.81. The number of hydrogen-bond acceptors (Lipinski definition) is 4. The van der Waals surface area contributed by atoms with Gasteiger partial charge in [0.2, 0.25) is 0 Å². The zero-order chi connectivity index (χ0) is 22.1. The Kier molecular flexibility index (Phi) is 5.92. The van der Waals surface area contributed by atoms with Crippen molar-refractivity contribution in [2.45, 2.75) is 37.5 Å². The van der Waals surface area contributed by atoms with Crippen LogP contribution in [0.25, 0.3) is 0 Å². The van der Waals surface area contributed by atoms with E-state index in [0.717, 1.165) is 11.1 Å². The molecular formula is C22H24N2O4S2. The van der Waals surface area contributed by atoms with Gasteiger partial charge < -0.3 is 0 Å². The van der Waals surface area contributed by atoms with Gasteiger partial charge in [0.15, 0.2) is 0 Å². The number of para-hydroxylation sites is 1. The van der Waals surface area contributed by atoms with Crippen molar-refractivity contribution in [3.8, 4) is 0 Å². The van der Waals surface area contributed by atoms with Crippen molar-refractivity contribution in [3.05, 3.63) is 82.9 Å². The predicted molar refractivity (Wildman–Crippen MR) is 120 cm³/mol. The maximum atomic E-state index is 12.9. The molecule has 6 nitrogen and oxygen atoms in total. The Morgan fingerprint density at radius 2 is 1.20 bits per heavy atom. The van der Waals surface area contributed by atoms with E-state index in [9.17, 15) is 16.8 Å². The minimum Gasteiger partial charge on any atom is -0.280 e. The van der Waals surface area contributed by atoms with Crippen molar-refractivity contribution >= 4 is 31.4 Å². The lowest BCUT2D eigenvalue weighted by molar-refractivity contribution is 0.599. The monoisotopic (exact) mass is 444 g/mol. The van der Waals surface area contributed by atoms with Crippen LogP contribution in [-0.2, 0) is 20.0 Å². The molecule has 0 aliphatic carbocycles. The summed E-state index contributed by atoms with van der Waals surface area (Å²) in [6.07, 6.45) is 0. The minimum absolute atomic E-state index is 0.0383. The van der Waals surface area contributed by atoms with Crippen LogP contribution in [0.4, 0.5) is 11.4 Å². The summed E-state index contributed by atoms with van der Waals surface area (Å²) in [5.74, 6) is 0. The molecule has 0 aromatic heterocycles. The van der Waals surface area contributed by atoms with Gasteiger partial charge in [-0.05, 0) is 74.7 Å². The van der Waals surface area contributed by atoms with E-state index in [0.29, 0.717) is 16.8 Å². The standard InChI is InChI=1S/C22H24N2O4S2/c1-15-13-17(3)22(18(4)14-15)30(27,28)23-19-9-11-20(12-10-19)29(25,26)24-21-8-6-5-7-16(21)2/h5-14,23-24H,1-4H3. The molecule has 30 heavy (non-hydrogen) atoms. The van der Waals surface area contributed by atoms with Gasteiger partial charge in [0.1, 0.15) is 0 Å². The molecule has 0 saturated carbocycles. The molecule has 3 aromatic carbocycles. The lowest BCUT2D eigenvalue weighted by Crippen LogP contribution is -2.16. The molecule has 158 valence electrons. The molecule has 0 radical (unpaired) electrons. The van der Waals surface area contributed by atoms with Gasteiger partial charge in [-0.15, -0.1) is 0 Å². The van der Waals surface area contributed by atoms with Crippen LogP contribution in [-0.4, -0.2) is 16.8 Å². The highest BCUT2D eigenvalue weighted by molar-refractivity contribution is 7.93. The predicted octanol–water partition coefficient (Wildman–Crippen LogP) is 4.52. The fraction of sp³-hybridized carbons (Fsp3) is 0.182. The van der Waals surface area contributed by atoms with Crippen molar-refractivity contribution in [2.24, 2.45) is 0 Å². The number of sulfonamides is 2. The number of rotatable bonds is 6. The maximum absolute atomic E-state index is 12.9. The highest BCUT2D eigenvalue weighted by Gasteiger charge is 2.21. The summed E-state index contributed by atoms with van der Waals surface area (Å²) in [6, 6.07) is 16.3. The third kappa shape index (κ3) is 4.66. The van der Waals surface area contributed by atoms with Crippen LogP contribution < -0.4 is 9.44 Å². The summed E-state index contributed by atoms with van der Waals surface area (Å²) in [5, 5.41) is 0. The fourth-order valence-electron chi connectivity index (χ4n) is 3.39. The van der Waals surface area contributed by atoms with E-state index < -0.39 is 20.0 Å². The van der Waals surface area contributed by atoms with Crippen LogP contribution in [0.3, 0.4) is 0 Å². The second-order valence-corrected chi connectivity index (χ2v) is 10.6. The van der Waals surface area contributed by atoms with Crippen molar-refractivity contribution in [2.75, 3.05) is 9.44 Å². The molecule has 0 bridgehead atoms. The molecular weight excluding hydrogens is 420 g/mol. The van der Waals surface area contributed by atoms with Crippen molar-refractivity contribution in [3.63, 3.8) is 0 Å². The third-order valence-corrected chi connectivity index (χ3v) is 7.75. The number of anilines is 2. The Morgan fingerprint density at radius 3 is 1.77 bits per heavy atom. The van der Waals surface area contributed by atoms with Crippen LogP contribution >= 0.6 is 0 Å². The topological polar surface area (TPSA) is 92.3 Å². The first-order chi connectivity index (χ1) is 14.0. The number of benzene rings is 3. The highest BCUT2D eigenvalue weighted by atomic mass is 32.2. The first kappa shape index (κ1) is 21.9. The van der Waals surface area contributed by atoms with Crippen LogP contribution in [0.5, 0.6) is 0 Å². The normalized spacial score (nSPS) is 11.9. The second kappa shape index (κ2) is 8.12. The average Bonchev–Trinajstić information content (AvgIpc) is 2.62. The van der Waals surface area contributed by atoms with Crippen LogP contribution in [0.15, 0.2) is 70.5 Å². The van der Waals surface area contributed by atoms with Crippen LogP contribution in [0.2, 0.25) is 0 Å². The first-order valence-electron chi connectivity index (χ1n) is 9.29. The molecule has 3 aromatic rings. The number of nitrogens with one attached hydrogen (secondary N) is 2. The summed E-state index contributed by atoms with van der Waals surface area (Å²) in [7, 11) is -7.60. The second-order valence-electron chi connectivity index (χ2n) is 7.28. The van der Waals surface area contributed by atoms with E-state index in [1.165, 1.54) is 24.3 Å². The largest absolute Gasteiger partial charge is 0.280 e. The molecule has 0 saturated heterocycles. The third-order valence-electron chi connectivity index (χ3n) is 4.68. The molecule has 0 heterocycles. The van der Waals surface area contributed by atoms with Gasteiger partial charge in [0.05, 0.1) is 15.5 Å². The van der Waals surface area contributed by atoms with Gasteiger partial charge in [-0.25, -0.2) is 16.8 Å². The summed E-state index contributed by atoms with van der Waals surface area (Å²) < 4.78 is 56.1. The molecule has 0 aliphatic heterocycles. The summed E-state index contributed by atoms with van der Waals surface area (Å²) in [4.78, 5) is 0.266. The van der Waals surface area contributed by atoms with E-state index in [4.69, 9.17) is 0 Å². The van der Waals surface area contributed by atoms with Crippen molar-refractivity contribution < 1.29 is 16.8 Å². The first-order valence-corrected chi connectivity index (χ1v) is 12.3. The average molecular weight is 445 g/mol. The Labute approximate surface area is 178 Å². The molecule has 0 fully saturated rings. The zero-order valence-corrected chi connectivity index (χ0v) is 18.9. The van der Waals surface area contributed by atoms with Crippen molar-refractivity contribution in [1.29, 1.82) is 0 Å². The molecule has 2 N–H and O–H groups in total. The molecule has 0 spiro atoms. The molecule has 0 atom stereocenters. The summed E-state index contributed by atoms with van der Waals surface area (Å²) >= 11 is 0. The van der Waals surface area contributed by atoms with Gasteiger partial charge in [0, 0.05) is 5.69 Å². The smallest absolute Gasteiger partial charge is 0.262 e. The van der Waals surface area contributed by atoms with E-state index in [1.54, 1.807) is 26.0 Å². The molecule has 0 aliphatic rings. The highest BCUT2D eigenvalue weighted by Crippen LogP contribution is 2.25.